The molecule has 0 saturated carbocycles. The van der Waals surface area contributed by atoms with Gasteiger partial charge in [0.15, 0.2) is 0 Å². The average Bonchev–Trinajstić information content (AvgIpc) is 2.51. The molecule has 1 saturated heterocycles. The van der Waals surface area contributed by atoms with Crippen molar-refractivity contribution in [3.8, 4) is 5.75 Å². The zero-order valence-corrected chi connectivity index (χ0v) is 12.7. The fourth-order valence-electron chi connectivity index (χ4n) is 2.56. The lowest BCUT2D eigenvalue weighted by molar-refractivity contribution is 0.143. The standard InChI is InChI=1S/C16H16BrNO2/c17-14-8-9-15(13-7-3-2-6-12(13)14)20-16(19)18-10-4-1-5-11-18/h2-3,6-9H,1,4-5,10-11H2. The van der Waals surface area contributed by atoms with Gasteiger partial charge in [-0.05, 0) is 36.8 Å². The predicted octanol–water partition coefficient (Wildman–Crippen LogP) is 4.59. The van der Waals surface area contributed by atoms with E-state index in [1.165, 1.54) is 6.42 Å². The van der Waals surface area contributed by atoms with E-state index in [4.69, 9.17) is 4.74 Å². The number of ether oxygens (including phenoxy) is 1. The van der Waals surface area contributed by atoms with E-state index in [9.17, 15) is 4.79 Å². The highest BCUT2D eigenvalue weighted by Gasteiger charge is 2.19. The predicted molar refractivity (Wildman–Crippen MR) is 83.1 cm³/mol. The van der Waals surface area contributed by atoms with Gasteiger partial charge < -0.3 is 9.64 Å². The Labute approximate surface area is 126 Å². The summed E-state index contributed by atoms with van der Waals surface area (Å²) >= 11 is 3.52. The Kier molecular flexibility index (Phi) is 3.92. The van der Waals surface area contributed by atoms with E-state index < -0.39 is 0 Å². The molecular weight excluding hydrogens is 318 g/mol. The summed E-state index contributed by atoms with van der Waals surface area (Å²) in [5.41, 5.74) is 0. The molecule has 0 unspecified atom stereocenters. The molecule has 4 heteroatoms. The zero-order valence-electron chi connectivity index (χ0n) is 11.1. The van der Waals surface area contributed by atoms with Crippen LogP contribution in [-0.4, -0.2) is 24.1 Å². The lowest BCUT2D eigenvalue weighted by Crippen LogP contribution is -2.37. The average molecular weight is 334 g/mol. The third-order valence-electron chi connectivity index (χ3n) is 3.64. The minimum Gasteiger partial charge on any atom is -0.410 e. The Morgan fingerprint density at radius 1 is 1.00 bits per heavy atom. The molecule has 1 heterocycles. The first-order chi connectivity index (χ1) is 9.75. The molecule has 1 aliphatic rings. The number of nitrogens with zero attached hydrogens (tertiary/aromatic N) is 1. The second-order valence-electron chi connectivity index (χ2n) is 5.01. The molecule has 0 radical (unpaired) electrons. The maximum atomic E-state index is 12.2. The molecule has 2 aromatic carbocycles. The second-order valence-corrected chi connectivity index (χ2v) is 5.86. The molecule has 0 aliphatic carbocycles. The fraction of sp³-hybridized carbons (Fsp3) is 0.312. The number of amides is 1. The van der Waals surface area contributed by atoms with E-state index in [0.29, 0.717) is 5.75 Å². The maximum Gasteiger partial charge on any atom is 0.415 e. The van der Waals surface area contributed by atoms with E-state index in [0.717, 1.165) is 41.2 Å². The highest BCUT2D eigenvalue weighted by molar-refractivity contribution is 9.10. The van der Waals surface area contributed by atoms with Crippen molar-refractivity contribution >= 4 is 32.8 Å². The van der Waals surface area contributed by atoms with Gasteiger partial charge in [0.1, 0.15) is 5.75 Å². The first-order valence-electron chi connectivity index (χ1n) is 6.90. The zero-order chi connectivity index (χ0) is 13.9. The Balaban J connectivity index is 1.87. The highest BCUT2D eigenvalue weighted by Crippen LogP contribution is 2.31. The summed E-state index contributed by atoms with van der Waals surface area (Å²) in [5.74, 6) is 0.624. The summed E-state index contributed by atoms with van der Waals surface area (Å²) in [6.45, 7) is 1.60. The molecule has 0 aromatic heterocycles. The largest absolute Gasteiger partial charge is 0.415 e. The molecule has 1 amide bonds. The van der Waals surface area contributed by atoms with E-state index in [2.05, 4.69) is 15.9 Å². The number of fused-ring (bicyclic) bond motifs is 1. The van der Waals surface area contributed by atoms with Crippen LogP contribution in [0.25, 0.3) is 10.8 Å². The van der Waals surface area contributed by atoms with Crippen LogP contribution in [0, 0.1) is 0 Å². The minimum absolute atomic E-state index is 0.239. The van der Waals surface area contributed by atoms with Crippen molar-refractivity contribution < 1.29 is 9.53 Å². The van der Waals surface area contributed by atoms with Crippen LogP contribution in [0.4, 0.5) is 4.79 Å². The third-order valence-corrected chi connectivity index (χ3v) is 4.33. The number of carbonyl (C=O) groups excluding carboxylic acids is 1. The molecule has 3 rings (SSSR count). The highest BCUT2D eigenvalue weighted by atomic mass is 79.9. The van der Waals surface area contributed by atoms with Crippen molar-refractivity contribution in [3.63, 3.8) is 0 Å². The van der Waals surface area contributed by atoms with Crippen molar-refractivity contribution in [2.24, 2.45) is 0 Å². The van der Waals surface area contributed by atoms with Crippen LogP contribution in [-0.2, 0) is 0 Å². The summed E-state index contributed by atoms with van der Waals surface area (Å²) in [4.78, 5) is 14.0. The molecule has 104 valence electrons. The van der Waals surface area contributed by atoms with E-state index in [-0.39, 0.29) is 6.09 Å². The number of hydrogen-bond acceptors (Lipinski definition) is 2. The van der Waals surface area contributed by atoms with E-state index in [1.54, 1.807) is 4.90 Å². The number of carbonyl (C=O) groups is 1. The van der Waals surface area contributed by atoms with Gasteiger partial charge in [0.25, 0.3) is 0 Å². The van der Waals surface area contributed by atoms with Gasteiger partial charge in [-0.2, -0.15) is 0 Å². The van der Waals surface area contributed by atoms with Crippen LogP contribution in [0.15, 0.2) is 40.9 Å². The van der Waals surface area contributed by atoms with Gasteiger partial charge in [-0.15, -0.1) is 0 Å². The number of hydrogen-bond donors (Lipinski definition) is 0. The molecule has 1 fully saturated rings. The van der Waals surface area contributed by atoms with Gasteiger partial charge in [0, 0.05) is 22.9 Å². The van der Waals surface area contributed by atoms with Gasteiger partial charge in [0.05, 0.1) is 0 Å². The van der Waals surface area contributed by atoms with Crippen molar-refractivity contribution in [2.45, 2.75) is 19.3 Å². The summed E-state index contributed by atoms with van der Waals surface area (Å²) in [6, 6.07) is 11.7. The molecule has 3 nitrogen and oxygen atoms in total. The first-order valence-corrected chi connectivity index (χ1v) is 7.69. The molecule has 20 heavy (non-hydrogen) atoms. The molecular formula is C16H16BrNO2. The van der Waals surface area contributed by atoms with Crippen LogP contribution in [0.1, 0.15) is 19.3 Å². The molecule has 0 spiro atoms. The van der Waals surface area contributed by atoms with E-state index in [1.807, 2.05) is 36.4 Å². The van der Waals surface area contributed by atoms with E-state index >= 15 is 0 Å². The number of likely N-dealkylation sites (tertiary alicyclic amines) is 1. The lowest BCUT2D eigenvalue weighted by atomic mass is 10.1. The van der Waals surface area contributed by atoms with Crippen molar-refractivity contribution in [1.82, 2.24) is 4.90 Å². The molecule has 2 aromatic rings. The third kappa shape index (κ3) is 2.66. The van der Waals surface area contributed by atoms with Crippen LogP contribution >= 0.6 is 15.9 Å². The molecule has 0 atom stereocenters. The first kappa shape index (κ1) is 13.4. The van der Waals surface area contributed by atoms with Crippen LogP contribution in [0.3, 0.4) is 0 Å². The molecule has 0 N–H and O–H groups in total. The summed E-state index contributed by atoms with van der Waals surface area (Å²) < 4.78 is 6.59. The van der Waals surface area contributed by atoms with Gasteiger partial charge in [-0.1, -0.05) is 40.2 Å². The van der Waals surface area contributed by atoms with Crippen LogP contribution < -0.4 is 4.74 Å². The van der Waals surface area contributed by atoms with Gasteiger partial charge in [-0.25, -0.2) is 4.79 Å². The van der Waals surface area contributed by atoms with Crippen molar-refractivity contribution in [3.05, 3.63) is 40.9 Å². The van der Waals surface area contributed by atoms with Crippen LogP contribution in [0.2, 0.25) is 0 Å². The van der Waals surface area contributed by atoms with Gasteiger partial charge >= 0.3 is 6.09 Å². The second kappa shape index (κ2) is 5.83. The van der Waals surface area contributed by atoms with Crippen molar-refractivity contribution in [2.75, 3.05) is 13.1 Å². The van der Waals surface area contributed by atoms with Gasteiger partial charge in [0.2, 0.25) is 0 Å². The Bertz CT molecular complexity index is 635. The number of halogens is 1. The number of piperidine rings is 1. The minimum atomic E-state index is -0.239. The van der Waals surface area contributed by atoms with Crippen LogP contribution in [0.5, 0.6) is 5.75 Å². The summed E-state index contributed by atoms with van der Waals surface area (Å²) in [7, 11) is 0. The SMILES string of the molecule is O=C(Oc1ccc(Br)c2ccccc12)N1CCCCC1. The summed E-state index contributed by atoms with van der Waals surface area (Å²) in [6.07, 6.45) is 3.09. The Hall–Kier alpha value is -1.55. The topological polar surface area (TPSA) is 29.5 Å². The maximum absolute atomic E-state index is 12.2. The Morgan fingerprint density at radius 3 is 2.45 bits per heavy atom. The quantitative estimate of drug-likeness (QED) is 0.764. The molecule has 0 bridgehead atoms. The smallest absolute Gasteiger partial charge is 0.410 e. The number of rotatable bonds is 1. The summed E-state index contributed by atoms with van der Waals surface area (Å²) in [5, 5.41) is 2.00. The fourth-order valence-corrected chi connectivity index (χ4v) is 3.04. The monoisotopic (exact) mass is 333 g/mol. The normalized spacial score (nSPS) is 15.3. The lowest BCUT2D eigenvalue weighted by Gasteiger charge is -2.25. The number of benzene rings is 2. The Morgan fingerprint density at radius 2 is 1.70 bits per heavy atom. The molecule has 1 aliphatic heterocycles. The van der Waals surface area contributed by atoms with Gasteiger partial charge in [-0.3, -0.25) is 0 Å². The van der Waals surface area contributed by atoms with Crippen molar-refractivity contribution in [1.29, 1.82) is 0 Å².